The Labute approximate surface area is 87.4 Å². The van der Waals surface area contributed by atoms with Gasteiger partial charge in [-0.15, -0.1) is 0 Å². The normalized spacial score (nSPS) is 14.1. The molecule has 6 heteroatoms. The van der Waals surface area contributed by atoms with E-state index in [2.05, 4.69) is 0 Å². The van der Waals surface area contributed by atoms with Crippen LogP contribution in [0.2, 0.25) is 0 Å². The maximum absolute atomic E-state index is 11.9. The zero-order valence-electron chi connectivity index (χ0n) is 9.14. The second-order valence-corrected chi connectivity index (χ2v) is 3.98. The molecule has 0 aliphatic carbocycles. The van der Waals surface area contributed by atoms with Gasteiger partial charge in [0.25, 0.3) is 0 Å². The molecule has 0 spiro atoms. The Morgan fingerprint density at radius 1 is 1.40 bits per heavy atom. The first-order chi connectivity index (χ1) is 6.63. The highest BCUT2D eigenvalue weighted by Gasteiger charge is 2.31. The summed E-state index contributed by atoms with van der Waals surface area (Å²) in [6, 6.07) is -0.395. The molecule has 0 radical (unpaired) electrons. The van der Waals surface area contributed by atoms with Gasteiger partial charge < -0.3 is 10.6 Å². The van der Waals surface area contributed by atoms with Gasteiger partial charge in [0.2, 0.25) is 5.91 Å². The molecule has 0 saturated heterocycles. The molecule has 1 unspecified atom stereocenters. The molecule has 1 atom stereocenters. The van der Waals surface area contributed by atoms with Gasteiger partial charge in [-0.1, -0.05) is 13.8 Å². The van der Waals surface area contributed by atoms with E-state index in [0.717, 1.165) is 7.05 Å². The second-order valence-electron chi connectivity index (χ2n) is 3.98. The highest BCUT2D eigenvalue weighted by Crippen LogP contribution is 2.16. The monoisotopic (exact) mass is 226 g/mol. The summed E-state index contributed by atoms with van der Waals surface area (Å²) >= 11 is 0. The molecule has 0 aromatic rings. The second kappa shape index (κ2) is 5.34. The molecule has 0 fully saturated rings. The van der Waals surface area contributed by atoms with Gasteiger partial charge in [0, 0.05) is 19.5 Å². The average molecular weight is 226 g/mol. The quantitative estimate of drug-likeness (QED) is 0.787. The molecule has 0 aromatic heterocycles. The lowest BCUT2D eigenvalue weighted by atomic mass is 10.0. The molecule has 1 amide bonds. The summed E-state index contributed by atoms with van der Waals surface area (Å²) in [5, 5.41) is 0. The van der Waals surface area contributed by atoms with Crippen LogP contribution in [0.3, 0.4) is 0 Å². The van der Waals surface area contributed by atoms with E-state index in [1.807, 2.05) is 13.8 Å². The average Bonchev–Trinajstić information content (AvgIpc) is 2.00. The number of rotatable bonds is 4. The molecular weight excluding hydrogens is 209 g/mol. The first-order valence-electron chi connectivity index (χ1n) is 4.69. The van der Waals surface area contributed by atoms with Crippen LogP contribution in [0.4, 0.5) is 13.2 Å². The van der Waals surface area contributed by atoms with Crippen LogP contribution < -0.4 is 5.73 Å². The number of hydrogen-bond acceptors (Lipinski definition) is 2. The molecule has 0 aliphatic heterocycles. The molecule has 0 saturated carbocycles. The van der Waals surface area contributed by atoms with Crippen LogP contribution in [0.1, 0.15) is 20.3 Å². The fraction of sp³-hybridized carbons (Fsp3) is 0.889. The lowest BCUT2D eigenvalue weighted by Crippen LogP contribution is -2.40. The molecule has 0 heterocycles. The Kier molecular flexibility index (Phi) is 5.07. The van der Waals surface area contributed by atoms with E-state index in [0.29, 0.717) is 4.90 Å². The Bertz CT molecular complexity index is 216. The number of nitrogens with two attached hydrogens (primary N) is 1. The van der Waals surface area contributed by atoms with Gasteiger partial charge >= 0.3 is 6.18 Å². The highest BCUT2D eigenvalue weighted by atomic mass is 19.4. The number of nitrogens with zero attached hydrogens (tertiary/aromatic N) is 1. The Balaban J connectivity index is 4.11. The smallest absolute Gasteiger partial charge is 0.337 e. The van der Waals surface area contributed by atoms with Gasteiger partial charge in [-0.05, 0) is 5.92 Å². The zero-order chi connectivity index (χ0) is 12.2. The standard InChI is InChI=1S/C9H17F3N2O/c1-6(2)7(13)4-8(15)14(3)5-9(10,11)12/h6-7H,4-5,13H2,1-3H3. The van der Waals surface area contributed by atoms with E-state index < -0.39 is 24.7 Å². The minimum Gasteiger partial charge on any atom is -0.337 e. The van der Waals surface area contributed by atoms with Gasteiger partial charge in [-0.2, -0.15) is 13.2 Å². The van der Waals surface area contributed by atoms with Gasteiger partial charge in [0.05, 0.1) is 0 Å². The maximum atomic E-state index is 11.9. The predicted octanol–water partition coefficient (Wildman–Crippen LogP) is 1.38. The third-order valence-corrected chi connectivity index (χ3v) is 2.11. The summed E-state index contributed by atoms with van der Waals surface area (Å²) in [7, 11) is 1.13. The molecule has 0 bridgehead atoms. The number of carbonyl (C=O) groups excluding carboxylic acids is 1. The number of amides is 1. The minimum absolute atomic E-state index is 0.0513. The van der Waals surface area contributed by atoms with Crippen LogP contribution in [0.5, 0.6) is 0 Å². The Hall–Kier alpha value is -0.780. The summed E-state index contributed by atoms with van der Waals surface area (Å²) in [6.07, 6.45) is -4.41. The SMILES string of the molecule is CC(C)C(N)CC(=O)N(C)CC(F)(F)F. The van der Waals surface area contributed by atoms with Crippen molar-refractivity contribution in [3.05, 3.63) is 0 Å². The van der Waals surface area contributed by atoms with Crippen LogP contribution >= 0.6 is 0 Å². The first-order valence-corrected chi connectivity index (χ1v) is 4.69. The van der Waals surface area contributed by atoms with E-state index in [1.54, 1.807) is 0 Å². The maximum Gasteiger partial charge on any atom is 0.406 e. The summed E-state index contributed by atoms with van der Waals surface area (Å²) < 4.78 is 35.8. The highest BCUT2D eigenvalue weighted by molar-refractivity contribution is 5.76. The molecule has 15 heavy (non-hydrogen) atoms. The van der Waals surface area contributed by atoms with Crippen molar-refractivity contribution in [2.75, 3.05) is 13.6 Å². The van der Waals surface area contributed by atoms with Crippen molar-refractivity contribution in [2.24, 2.45) is 11.7 Å². The molecular formula is C9H17F3N2O. The van der Waals surface area contributed by atoms with Crippen molar-refractivity contribution in [1.29, 1.82) is 0 Å². The van der Waals surface area contributed by atoms with E-state index >= 15 is 0 Å². The minimum atomic E-state index is -4.35. The van der Waals surface area contributed by atoms with Gasteiger partial charge in [0.15, 0.2) is 0 Å². The van der Waals surface area contributed by atoms with E-state index in [-0.39, 0.29) is 12.3 Å². The number of alkyl halides is 3. The molecule has 2 N–H and O–H groups in total. The summed E-state index contributed by atoms with van der Waals surface area (Å²) in [5.74, 6) is -0.498. The fourth-order valence-corrected chi connectivity index (χ4v) is 0.950. The Morgan fingerprint density at radius 3 is 2.20 bits per heavy atom. The number of halogens is 3. The van der Waals surface area contributed by atoms with Crippen LogP contribution in [0.15, 0.2) is 0 Å². The van der Waals surface area contributed by atoms with Crippen LogP contribution in [-0.4, -0.2) is 36.6 Å². The molecule has 0 aliphatic rings. The summed E-state index contributed by atoms with van der Waals surface area (Å²) in [6.45, 7) is 2.42. The zero-order valence-corrected chi connectivity index (χ0v) is 9.14. The van der Waals surface area contributed by atoms with Gasteiger partial charge in [-0.25, -0.2) is 0 Å². The van der Waals surface area contributed by atoms with Crippen molar-refractivity contribution < 1.29 is 18.0 Å². The van der Waals surface area contributed by atoms with Gasteiger partial charge in [-0.3, -0.25) is 4.79 Å². The van der Waals surface area contributed by atoms with Crippen molar-refractivity contribution in [2.45, 2.75) is 32.5 Å². The number of carbonyl (C=O) groups is 1. The first kappa shape index (κ1) is 14.2. The van der Waals surface area contributed by atoms with Crippen molar-refractivity contribution in [3.63, 3.8) is 0 Å². The third-order valence-electron chi connectivity index (χ3n) is 2.11. The van der Waals surface area contributed by atoms with Crippen molar-refractivity contribution in [1.82, 2.24) is 4.90 Å². The van der Waals surface area contributed by atoms with E-state index in [9.17, 15) is 18.0 Å². The fourth-order valence-electron chi connectivity index (χ4n) is 0.950. The van der Waals surface area contributed by atoms with E-state index in [4.69, 9.17) is 5.73 Å². The third kappa shape index (κ3) is 6.33. The number of hydrogen-bond donors (Lipinski definition) is 1. The largest absolute Gasteiger partial charge is 0.406 e. The van der Waals surface area contributed by atoms with Crippen LogP contribution in [0, 0.1) is 5.92 Å². The lowest BCUT2D eigenvalue weighted by molar-refractivity contribution is -0.158. The van der Waals surface area contributed by atoms with Crippen LogP contribution in [-0.2, 0) is 4.79 Å². The van der Waals surface area contributed by atoms with Gasteiger partial charge in [0.1, 0.15) is 6.54 Å². The Morgan fingerprint density at radius 2 is 1.87 bits per heavy atom. The van der Waals surface area contributed by atoms with E-state index in [1.165, 1.54) is 0 Å². The van der Waals surface area contributed by atoms with Crippen LogP contribution in [0.25, 0.3) is 0 Å². The molecule has 3 nitrogen and oxygen atoms in total. The summed E-state index contributed by atoms with van der Waals surface area (Å²) in [5.41, 5.74) is 5.59. The van der Waals surface area contributed by atoms with Crippen molar-refractivity contribution in [3.8, 4) is 0 Å². The molecule has 90 valence electrons. The van der Waals surface area contributed by atoms with Crippen molar-refractivity contribution >= 4 is 5.91 Å². The lowest BCUT2D eigenvalue weighted by Gasteiger charge is -2.22. The predicted molar refractivity (Wildman–Crippen MR) is 51.1 cm³/mol. The topological polar surface area (TPSA) is 46.3 Å². The molecule has 0 rings (SSSR count). The summed E-state index contributed by atoms with van der Waals surface area (Å²) in [4.78, 5) is 11.9. The molecule has 0 aromatic carbocycles.